The Hall–Kier alpha value is -4.09. The number of nitrogens with one attached hydrogen (secondary N) is 3. The standard InChI is InChI=1S/C33H42F3N5O9S/c1-32(2,3)26(37-31(45)49-18-5-4-6-18)29(43)41-16-19(50-39-23-11-12-48-25-10-7-17(34)13-21(23)25)14-24(41)28(42)38-33(15-22(33)27(35)36)30(44)40-51(46,47)20-8-9-20/h7,10,13,18-20,22,24,26-27H,4-6,8-9,11-12,14-16H2,1-3H3,(H,37,45)(H,38,42)(H,40,44)/b39-23-/t19-,22+,24+,26-,33+/m1/s1. The Bertz CT molecular complexity index is 1710. The summed E-state index contributed by atoms with van der Waals surface area (Å²) in [6.07, 6.45) is -2.63. The lowest BCUT2D eigenvalue weighted by atomic mass is 9.85. The van der Waals surface area contributed by atoms with Gasteiger partial charge in [-0.2, -0.15) is 0 Å². The second kappa shape index (κ2) is 13.8. The molecule has 4 fully saturated rings. The van der Waals surface area contributed by atoms with E-state index in [1.54, 1.807) is 20.8 Å². The predicted octanol–water partition coefficient (Wildman–Crippen LogP) is 2.74. The Morgan fingerprint density at radius 3 is 2.43 bits per heavy atom. The maximum absolute atomic E-state index is 14.3. The highest BCUT2D eigenvalue weighted by Crippen LogP contribution is 2.48. The van der Waals surface area contributed by atoms with E-state index in [1.807, 2.05) is 4.72 Å². The van der Waals surface area contributed by atoms with Crippen LogP contribution in [-0.2, 0) is 34.0 Å². The minimum Gasteiger partial charge on any atom is -0.492 e. The number of likely N-dealkylation sites (tertiary alicyclic amines) is 1. The van der Waals surface area contributed by atoms with Gasteiger partial charge in [-0.1, -0.05) is 25.9 Å². The summed E-state index contributed by atoms with van der Waals surface area (Å²) >= 11 is 0. The van der Waals surface area contributed by atoms with E-state index in [4.69, 9.17) is 14.3 Å². The number of carbonyl (C=O) groups is 4. The summed E-state index contributed by atoms with van der Waals surface area (Å²) in [4.78, 5) is 61.3. The van der Waals surface area contributed by atoms with Crippen LogP contribution in [0.2, 0.25) is 0 Å². The van der Waals surface area contributed by atoms with E-state index in [9.17, 15) is 40.8 Å². The molecule has 0 spiro atoms. The van der Waals surface area contributed by atoms with Crippen LogP contribution in [0.5, 0.6) is 5.75 Å². The minimum absolute atomic E-state index is 0.207. The second-order valence-electron chi connectivity index (χ2n) is 14.9. The topological polar surface area (TPSA) is 182 Å². The molecule has 51 heavy (non-hydrogen) atoms. The SMILES string of the molecule is CC(C)(C)[C@H](NC(=O)OC1CCC1)C(=O)N1C[C@H](O/N=C2/CCOc3ccc(F)cc32)C[C@H]1C(=O)N[C@@]1(C(=O)NS(=O)(=O)C2CC2)C[C@H]1C(F)F. The lowest BCUT2D eigenvalue weighted by Crippen LogP contribution is -2.60. The van der Waals surface area contributed by atoms with Crippen LogP contribution in [0.3, 0.4) is 0 Å². The predicted molar refractivity (Wildman–Crippen MR) is 174 cm³/mol. The molecule has 14 nitrogen and oxygen atoms in total. The molecule has 1 aromatic rings. The average Bonchev–Trinajstić information content (AvgIpc) is 3.96. The third kappa shape index (κ3) is 7.89. The molecule has 2 aliphatic heterocycles. The largest absolute Gasteiger partial charge is 0.492 e. The summed E-state index contributed by atoms with van der Waals surface area (Å²) in [5.41, 5.74) is -2.41. The molecule has 4 amide bonds. The lowest BCUT2D eigenvalue weighted by Gasteiger charge is -2.36. The first-order chi connectivity index (χ1) is 24.0. The van der Waals surface area contributed by atoms with Crippen LogP contribution in [0.1, 0.15) is 77.7 Å². The van der Waals surface area contributed by atoms with Crippen molar-refractivity contribution in [3.63, 3.8) is 0 Å². The Kier molecular flexibility index (Phi) is 9.93. The number of alkyl carbamates (subject to hydrolysis) is 1. The van der Waals surface area contributed by atoms with Crippen LogP contribution in [0.15, 0.2) is 23.4 Å². The van der Waals surface area contributed by atoms with Gasteiger partial charge in [-0.15, -0.1) is 0 Å². The van der Waals surface area contributed by atoms with Crippen molar-refractivity contribution in [1.82, 2.24) is 20.3 Å². The summed E-state index contributed by atoms with van der Waals surface area (Å²) in [5, 5.41) is 8.38. The molecule has 1 aromatic carbocycles. The fourth-order valence-electron chi connectivity index (χ4n) is 6.49. The molecular weight excluding hydrogens is 699 g/mol. The molecule has 1 saturated heterocycles. The summed E-state index contributed by atoms with van der Waals surface area (Å²) < 4.78 is 80.0. The third-order valence-corrected chi connectivity index (χ3v) is 11.8. The lowest BCUT2D eigenvalue weighted by molar-refractivity contribution is -0.143. The highest BCUT2D eigenvalue weighted by molar-refractivity contribution is 7.91. The molecule has 0 aromatic heterocycles. The van der Waals surface area contributed by atoms with Gasteiger partial charge in [0.05, 0.1) is 30.0 Å². The monoisotopic (exact) mass is 741 g/mol. The molecule has 18 heteroatoms. The molecule has 0 bridgehead atoms. The van der Waals surface area contributed by atoms with Crippen LogP contribution in [-0.4, -0.2) is 97.5 Å². The van der Waals surface area contributed by atoms with Gasteiger partial charge in [0.1, 0.15) is 41.4 Å². The van der Waals surface area contributed by atoms with Crippen molar-refractivity contribution in [3.8, 4) is 5.75 Å². The zero-order valence-electron chi connectivity index (χ0n) is 28.5. The molecule has 3 saturated carbocycles. The van der Waals surface area contributed by atoms with Crippen LogP contribution in [0.25, 0.3) is 0 Å². The summed E-state index contributed by atoms with van der Waals surface area (Å²) in [6.45, 7) is 5.10. The molecule has 280 valence electrons. The van der Waals surface area contributed by atoms with E-state index in [2.05, 4.69) is 15.8 Å². The molecule has 2 heterocycles. The van der Waals surface area contributed by atoms with Gasteiger partial charge in [0, 0.05) is 18.4 Å². The minimum atomic E-state index is -4.13. The van der Waals surface area contributed by atoms with Crippen LogP contribution < -0.4 is 20.1 Å². The smallest absolute Gasteiger partial charge is 0.408 e. The van der Waals surface area contributed by atoms with Crippen molar-refractivity contribution >= 4 is 39.5 Å². The number of sulfonamides is 1. The van der Waals surface area contributed by atoms with Gasteiger partial charge in [0.2, 0.25) is 28.3 Å². The van der Waals surface area contributed by atoms with Crippen molar-refractivity contribution < 1.29 is 55.1 Å². The molecular formula is C33H42F3N5O9S. The molecule has 6 rings (SSSR count). The van der Waals surface area contributed by atoms with Crippen molar-refractivity contribution in [2.45, 2.75) is 114 Å². The Balaban J connectivity index is 1.25. The molecule has 3 N–H and O–H groups in total. The number of hydrogen-bond acceptors (Lipinski definition) is 10. The normalized spacial score (nSPS) is 27.5. The third-order valence-electron chi connectivity index (χ3n) is 9.98. The van der Waals surface area contributed by atoms with Gasteiger partial charge in [0.15, 0.2) is 0 Å². The quantitative estimate of drug-likeness (QED) is 0.288. The van der Waals surface area contributed by atoms with E-state index in [0.29, 0.717) is 42.7 Å². The van der Waals surface area contributed by atoms with Crippen molar-refractivity contribution in [3.05, 3.63) is 29.6 Å². The van der Waals surface area contributed by atoms with Crippen molar-refractivity contribution in [2.75, 3.05) is 13.2 Å². The Labute approximate surface area is 293 Å². The number of nitrogens with zero attached hydrogens (tertiary/aromatic N) is 2. The van der Waals surface area contributed by atoms with Crippen LogP contribution >= 0.6 is 0 Å². The second-order valence-corrected chi connectivity index (χ2v) is 16.9. The molecule has 0 unspecified atom stereocenters. The fourth-order valence-corrected chi connectivity index (χ4v) is 7.85. The van der Waals surface area contributed by atoms with Crippen LogP contribution in [0, 0.1) is 17.2 Å². The van der Waals surface area contributed by atoms with Gasteiger partial charge in [-0.3, -0.25) is 19.1 Å². The molecule has 5 atom stereocenters. The zero-order valence-corrected chi connectivity index (χ0v) is 29.3. The molecule has 0 radical (unpaired) electrons. The Morgan fingerprint density at radius 2 is 1.82 bits per heavy atom. The number of alkyl halides is 2. The number of halogens is 3. The highest BCUT2D eigenvalue weighted by atomic mass is 32.2. The van der Waals surface area contributed by atoms with Crippen molar-refractivity contribution in [2.24, 2.45) is 16.5 Å². The van der Waals surface area contributed by atoms with Gasteiger partial charge in [0.25, 0.3) is 5.91 Å². The van der Waals surface area contributed by atoms with E-state index in [0.717, 1.165) is 11.3 Å². The first-order valence-corrected chi connectivity index (χ1v) is 18.6. The van der Waals surface area contributed by atoms with Crippen molar-refractivity contribution in [1.29, 1.82) is 0 Å². The number of fused-ring (bicyclic) bond motifs is 1. The van der Waals surface area contributed by atoms with E-state index in [1.165, 1.54) is 18.2 Å². The van der Waals surface area contributed by atoms with Crippen LogP contribution in [0.4, 0.5) is 18.0 Å². The summed E-state index contributed by atoms with van der Waals surface area (Å²) in [7, 11) is -4.13. The average molecular weight is 742 g/mol. The van der Waals surface area contributed by atoms with Gasteiger partial charge in [-0.05, 0) is 62.1 Å². The van der Waals surface area contributed by atoms with E-state index >= 15 is 0 Å². The number of oxime groups is 1. The van der Waals surface area contributed by atoms with E-state index in [-0.39, 0.29) is 32.1 Å². The van der Waals surface area contributed by atoms with E-state index < -0.39 is 92.8 Å². The zero-order chi connectivity index (χ0) is 36.9. The number of rotatable bonds is 11. The number of amides is 4. The maximum Gasteiger partial charge on any atom is 0.408 e. The summed E-state index contributed by atoms with van der Waals surface area (Å²) in [6, 6.07) is 1.31. The number of benzene rings is 1. The molecule has 3 aliphatic carbocycles. The van der Waals surface area contributed by atoms with Gasteiger partial charge < -0.3 is 29.8 Å². The first-order valence-electron chi connectivity index (χ1n) is 17.1. The highest BCUT2D eigenvalue weighted by Gasteiger charge is 2.67. The van der Waals surface area contributed by atoms with Gasteiger partial charge in [-0.25, -0.2) is 26.4 Å². The first kappa shape index (κ1) is 36.7. The van der Waals surface area contributed by atoms with Gasteiger partial charge >= 0.3 is 6.09 Å². The number of ether oxygens (including phenoxy) is 2. The fraction of sp³-hybridized carbons (Fsp3) is 0.667. The molecule has 5 aliphatic rings. The summed E-state index contributed by atoms with van der Waals surface area (Å²) in [5.74, 6) is -4.78. The number of hydrogen-bond donors (Lipinski definition) is 3. The maximum atomic E-state index is 14.3. The Morgan fingerprint density at radius 1 is 1.10 bits per heavy atom. The number of carbonyl (C=O) groups excluding carboxylic acids is 4.